The third-order valence-electron chi connectivity index (χ3n) is 4.16. The predicted octanol–water partition coefficient (Wildman–Crippen LogP) is 4.41. The van der Waals surface area contributed by atoms with Gasteiger partial charge >= 0.3 is 0 Å². The lowest BCUT2D eigenvalue weighted by atomic mass is 10.0. The molecular weight excluding hydrogens is 296 g/mol. The first-order valence-corrected chi connectivity index (χ1v) is 11.2. The lowest BCUT2D eigenvalue weighted by Gasteiger charge is -2.20. The van der Waals surface area contributed by atoms with Crippen molar-refractivity contribution in [2.24, 2.45) is 5.92 Å². The molecule has 120 valence electrons. The van der Waals surface area contributed by atoms with Crippen molar-refractivity contribution in [1.82, 2.24) is 0 Å². The predicted molar refractivity (Wildman–Crippen MR) is 103 cm³/mol. The van der Waals surface area contributed by atoms with Gasteiger partial charge in [0.1, 0.15) is 8.07 Å². The van der Waals surface area contributed by atoms with E-state index in [0.29, 0.717) is 0 Å². The molecule has 2 aromatic rings. The molecule has 0 aliphatic rings. The van der Waals surface area contributed by atoms with E-state index in [1.165, 1.54) is 5.19 Å². The molecule has 23 heavy (non-hydrogen) atoms. The van der Waals surface area contributed by atoms with Crippen LogP contribution >= 0.6 is 0 Å². The average molecular weight is 323 g/mol. The van der Waals surface area contributed by atoms with Crippen molar-refractivity contribution in [3.63, 3.8) is 0 Å². The first-order valence-electron chi connectivity index (χ1n) is 8.15. The number of benzene rings is 2. The van der Waals surface area contributed by atoms with Crippen LogP contribution in [0, 0.1) is 5.92 Å². The summed E-state index contributed by atoms with van der Waals surface area (Å²) < 4.78 is 0. The van der Waals surface area contributed by atoms with E-state index < -0.39 is 14.2 Å². The third-order valence-corrected chi connectivity index (χ3v) is 7.01. The van der Waals surface area contributed by atoms with Gasteiger partial charge in [0.2, 0.25) is 0 Å². The first kappa shape index (κ1) is 17.5. The maximum atomic E-state index is 10.3. The minimum atomic E-state index is -1.59. The zero-order valence-corrected chi connectivity index (χ0v) is 15.2. The third kappa shape index (κ3) is 5.34. The SMILES string of the molecule is C[C@@H](/C=C/[Si](C)(C)c1ccccc1)[C@H](O)/C=C/c1ccccc1. The Bertz CT molecular complexity index is 644. The maximum absolute atomic E-state index is 10.3. The number of rotatable bonds is 6. The molecule has 0 saturated carbocycles. The Balaban J connectivity index is 2.00. The number of aliphatic hydroxyl groups is 1. The monoisotopic (exact) mass is 322 g/mol. The van der Waals surface area contributed by atoms with Crippen LogP contribution in [0.15, 0.2) is 78.5 Å². The zero-order valence-electron chi connectivity index (χ0n) is 14.2. The van der Waals surface area contributed by atoms with E-state index in [9.17, 15) is 5.11 Å². The van der Waals surface area contributed by atoms with Gasteiger partial charge in [0.15, 0.2) is 0 Å². The van der Waals surface area contributed by atoms with Crippen molar-refractivity contribution in [2.45, 2.75) is 26.1 Å². The molecule has 0 aliphatic carbocycles. The summed E-state index contributed by atoms with van der Waals surface area (Å²) in [6, 6.07) is 20.7. The fourth-order valence-electron chi connectivity index (χ4n) is 2.42. The van der Waals surface area contributed by atoms with Gasteiger partial charge in [-0.3, -0.25) is 0 Å². The maximum Gasteiger partial charge on any atom is 0.103 e. The molecule has 0 unspecified atom stereocenters. The van der Waals surface area contributed by atoms with Crippen LogP contribution in [0.1, 0.15) is 12.5 Å². The summed E-state index contributed by atoms with van der Waals surface area (Å²) in [5.41, 5.74) is 3.44. The van der Waals surface area contributed by atoms with Gasteiger partial charge in [0.05, 0.1) is 6.10 Å². The number of hydrogen-bond acceptors (Lipinski definition) is 1. The Morgan fingerprint density at radius 1 is 0.870 bits per heavy atom. The number of hydrogen-bond donors (Lipinski definition) is 1. The van der Waals surface area contributed by atoms with Crippen molar-refractivity contribution in [3.8, 4) is 0 Å². The van der Waals surface area contributed by atoms with E-state index in [2.05, 4.69) is 62.1 Å². The Hall–Kier alpha value is -1.90. The largest absolute Gasteiger partial charge is 0.388 e. The highest BCUT2D eigenvalue weighted by molar-refractivity contribution is 6.93. The van der Waals surface area contributed by atoms with Gasteiger partial charge in [-0.25, -0.2) is 0 Å². The second-order valence-corrected chi connectivity index (χ2v) is 10.9. The van der Waals surface area contributed by atoms with E-state index in [1.807, 2.05) is 42.5 Å². The van der Waals surface area contributed by atoms with Crippen molar-refractivity contribution < 1.29 is 5.11 Å². The molecule has 2 aromatic carbocycles. The van der Waals surface area contributed by atoms with Crippen LogP contribution in [-0.2, 0) is 0 Å². The highest BCUT2D eigenvalue weighted by atomic mass is 28.3. The molecule has 2 rings (SSSR count). The molecule has 0 fully saturated rings. The fraction of sp³-hybridized carbons (Fsp3) is 0.238. The zero-order chi connectivity index (χ0) is 16.7. The van der Waals surface area contributed by atoms with Crippen molar-refractivity contribution in [3.05, 3.63) is 84.1 Å². The smallest absolute Gasteiger partial charge is 0.103 e. The van der Waals surface area contributed by atoms with Gasteiger partial charge in [0, 0.05) is 5.92 Å². The molecule has 0 bridgehead atoms. The normalized spacial score (nSPS) is 15.1. The quantitative estimate of drug-likeness (QED) is 0.781. The van der Waals surface area contributed by atoms with Gasteiger partial charge in [-0.1, -0.05) is 110 Å². The number of aliphatic hydroxyl groups excluding tert-OH is 1. The molecule has 0 aliphatic heterocycles. The lowest BCUT2D eigenvalue weighted by molar-refractivity contribution is 0.186. The van der Waals surface area contributed by atoms with E-state index in [1.54, 1.807) is 0 Å². The molecule has 2 heteroatoms. The van der Waals surface area contributed by atoms with E-state index in [0.717, 1.165) is 5.56 Å². The first-order chi connectivity index (χ1) is 11.0. The second-order valence-electron chi connectivity index (χ2n) is 6.57. The summed E-state index contributed by atoms with van der Waals surface area (Å²) >= 11 is 0. The van der Waals surface area contributed by atoms with E-state index in [4.69, 9.17) is 0 Å². The van der Waals surface area contributed by atoms with Crippen LogP contribution in [0.5, 0.6) is 0 Å². The van der Waals surface area contributed by atoms with Crippen LogP contribution in [-0.4, -0.2) is 19.3 Å². The fourth-order valence-corrected chi connectivity index (χ4v) is 4.45. The summed E-state index contributed by atoms with van der Waals surface area (Å²) in [5.74, 6) is 0.102. The van der Waals surface area contributed by atoms with Crippen molar-refractivity contribution in [1.29, 1.82) is 0 Å². The van der Waals surface area contributed by atoms with Crippen LogP contribution in [0.4, 0.5) is 0 Å². The summed E-state index contributed by atoms with van der Waals surface area (Å²) in [7, 11) is -1.59. The Morgan fingerprint density at radius 2 is 1.43 bits per heavy atom. The van der Waals surface area contributed by atoms with E-state index in [-0.39, 0.29) is 5.92 Å². The summed E-state index contributed by atoms with van der Waals surface area (Å²) in [6.07, 6.45) is 5.56. The second kappa shape index (κ2) is 8.09. The van der Waals surface area contributed by atoms with Gasteiger partial charge in [0.25, 0.3) is 0 Å². The Labute approximate surface area is 141 Å². The van der Waals surface area contributed by atoms with Gasteiger partial charge < -0.3 is 5.11 Å². The molecule has 1 nitrogen and oxygen atoms in total. The summed E-state index contributed by atoms with van der Waals surface area (Å²) in [6.45, 7) is 6.72. The van der Waals surface area contributed by atoms with Gasteiger partial charge in [-0.15, -0.1) is 0 Å². The minimum Gasteiger partial charge on any atom is -0.388 e. The molecule has 2 atom stereocenters. The van der Waals surface area contributed by atoms with Crippen LogP contribution in [0.3, 0.4) is 0 Å². The van der Waals surface area contributed by atoms with Crippen LogP contribution in [0.25, 0.3) is 6.08 Å². The Kier molecular flexibility index (Phi) is 6.14. The standard InChI is InChI=1S/C21H26OSi/c1-18(21(22)15-14-19-10-6-4-7-11-19)16-17-23(2,3)20-12-8-5-9-13-20/h4-18,21-22H,1-3H3/b15-14+,17-16+/t18-,21+/m0/s1. The molecular formula is C21H26OSi. The topological polar surface area (TPSA) is 20.2 Å². The molecule has 0 saturated heterocycles. The highest BCUT2D eigenvalue weighted by Crippen LogP contribution is 2.13. The van der Waals surface area contributed by atoms with Gasteiger partial charge in [-0.05, 0) is 5.56 Å². The molecule has 0 heterocycles. The lowest BCUT2D eigenvalue weighted by Crippen LogP contribution is -2.39. The van der Waals surface area contributed by atoms with Crippen LogP contribution in [0.2, 0.25) is 13.1 Å². The summed E-state index contributed by atoms with van der Waals surface area (Å²) in [4.78, 5) is 0. The molecule has 0 amide bonds. The van der Waals surface area contributed by atoms with Crippen molar-refractivity contribution in [2.75, 3.05) is 0 Å². The van der Waals surface area contributed by atoms with Crippen molar-refractivity contribution >= 4 is 19.3 Å². The van der Waals surface area contributed by atoms with E-state index >= 15 is 0 Å². The molecule has 0 spiro atoms. The molecule has 1 N–H and O–H groups in total. The van der Waals surface area contributed by atoms with Gasteiger partial charge in [-0.2, -0.15) is 0 Å². The Morgan fingerprint density at radius 3 is 2.04 bits per heavy atom. The molecule has 0 aromatic heterocycles. The van der Waals surface area contributed by atoms with Crippen LogP contribution < -0.4 is 5.19 Å². The highest BCUT2D eigenvalue weighted by Gasteiger charge is 2.20. The minimum absolute atomic E-state index is 0.102. The molecule has 0 radical (unpaired) electrons. The summed E-state index contributed by atoms with van der Waals surface area (Å²) in [5, 5.41) is 11.7. The average Bonchev–Trinajstić information content (AvgIpc) is 2.59.